The Labute approximate surface area is 139 Å². The highest BCUT2D eigenvalue weighted by Crippen LogP contribution is 2.36. The summed E-state index contributed by atoms with van der Waals surface area (Å²) in [6, 6.07) is 1.82. The lowest BCUT2D eigenvalue weighted by Gasteiger charge is -2.24. The van der Waals surface area contributed by atoms with Gasteiger partial charge in [0, 0.05) is 15.7 Å². The second-order valence-electron chi connectivity index (χ2n) is 5.94. The molecule has 1 amide bonds. The highest BCUT2D eigenvalue weighted by Gasteiger charge is 2.22. The molecule has 0 radical (unpaired) electrons. The molecule has 0 aromatic heterocycles. The van der Waals surface area contributed by atoms with E-state index < -0.39 is 18.9 Å². The van der Waals surface area contributed by atoms with Gasteiger partial charge in [-0.3, -0.25) is 4.79 Å². The summed E-state index contributed by atoms with van der Waals surface area (Å²) in [5.41, 5.74) is 7.58. The van der Waals surface area contributed by atoms with Crippen molar-refractivity contribution in [2.45, 2.75) is 46.5 Å². The molecule has 1 aromatic rings. The van der Waals surface area contributed by atoms with Crippen LogP contribution in [0.5, 0.6) is 5.75 Å². The van der Waals surface area contributed by atoms with Gasteiger partial charge in [0.25, 0.3) is 0 Å². The lowest BCUT2D eigenvalue weighted by atomic mass is 9.82. The molecule has 1 rings (SSSR count). The van der Waals surface area contributed by atoms with Crippen LogP contribution in [0.4, 0.5) is 0 Å². The largest absolute Gasteiger partial charge is 0.507 e. The first-order valence-electron chi connectivity index (χ1n) is 8.50. The lowest BCUT2D eigenvalue weighted by Crippen LogP contribution is -2.30. The van der Waals surface area contributed by atoms with Crippen molar-refractivity contribution < 1.29 is 15.4 Å². The molecule has 4 nitrogen and oxygen atoms in total. The maximum atomic E-state index is 12.1. The third kappa shape index (κ3) is 4.90. The number of carbonyl (C=O) groups is 1. The molecule has 0 aliphatic carbocycles. The van der Waals surface area contributed by atoms with E-state index in [1.165, 1.54) is 0 Å². The molecule has 0 saturated heterocycles. The second kappa shape index (κ2) is 7.66. The fourth-order valence-corrected chi connectivity index (χ4v) is 2.17. The van der Waals surface area contributed by atoms with Gasteiger partial charge in [-0.2, -0.15) is 0 Å². The summed E-state index contributed by atoms with van der Waals surface area (Å²) in [5.74, 6) is -0.587. The molecule has 0 unspecified atom stereocenters. The highest BCUT2D eigenvalue weighted by atomic mass is 35.5. The van der Waals surface area contributed by atoms with Gasteiger partial charge < -0.3 is 16.2 Å². The van der Waals surface area contributed by atoms with Crippen molar-refractivity contribution in [2.24, 2.45) is 5.73 Å². The number of phenolic OH excluding ortho intramolecular Hbond substituents is 1. The molecule has 0 heterocycles. The number of aromatic hydroxyl groups is 1. The van der Waals surface area contributed by atoms with Crippen LogP contribution >= 0.6 is 12.4 Å². The average molecular weight is 319 g/mol. The molecular formula is C16H27ClN2O2. The number of nitrogens with two attached hydrogens (primary N) is 1. The monoisotopic (exact) mass is 318 g/mol. The van der Waals surface area contributed by atoms with E-state index in [1.807, 2.05) is 39.1 Å². The highest BCUT2D eigenvalue weighted by molar-refractivity contribution is 5.85. The van der Waals surface area contributed by atoms with Gasteiger partial charge in [-0.05, 0) is 41.5 Å². The predicted molar refractivity (Wildman–Crippen MR) is 89.3 cm³/mol. The number of rotatable bonds is 4. The number of halogens is 1. The van der Waals surface area contributed by atoms with Crippen molar-refractivity contribution in [3.8, 4) is 5.75 Å². The van der Waals surface area contributed by atoms with E-state index in [-0.39, 0.29) is 30.0 Å². The van der Waals surface area contributed by atoms with Gasteiger partial charge in [-0.25, -0.2) is 0 Å². The maximum absolute atomic E-state index is 12.1. The molecule has 1 aromatic carbocycles. The first-order chi connectivity index (χ1) is 10.6. The van der Waals surface area contributed by atoms with Gasteiger partial charge in [-0.15, -0.1) is 12.4 Å². The minimum Gasteiger partial charge on any atom is -0.507 e. The van der Waals surface area contributed by atoms with Crippen molar-refractivity contribution in [3.05, 3.63) is 28.3 Å². The van der Waals surface area contributed by atoms with E-state index in [9.17, 15) is 9.90 Å². The molecule has 21 heavy (non-hydrogen) atoms. The Morgan fingerprint density at radius 2 is 2.00 bits per heavy atom. The first-order valence-corrected chi connectivity index (χ1v) is 6.50. The van der Waals surface area contributed by atoms with Crippen LogP contribution in [-0.4, -0.2) is 24.0 Å². The zero-order valence-electron chi connectivity index (χ0n) is 17.1. The van der Waals surface area contributed by atoms with E-state index in [1.54, 1.807) is 6.92 Å². The van der Waals surface area contributed by atoms with Gasteiger partial charge in [0.2, 0.25) is 5.91 Å². The average Bonchev–Trinajstić information content (AvgIpc) is 2.35. The summed E-state index contributed by atoms with van der Waals surface area (Å²) in [4.78, 5) is 12.1. The molecule has 0 bridgehead atoms. The first kappa shape index (κ1) is 13.4. The molecule has 0 atom stereocenters. The molecule has 0 aliphatic heterocycles. The van der Waals surface area contributed by atoms with Gasteiger partial charge in [0.05, 0.1) is 9.16 Å². The van der Waals surface area contributed by atoms with Crippen molar-refractivity contribution in [3.63, 3.8) is 0 Å². The number of aryl methyl sites for hydroxylation is 1. The summed E-state index contributed by atoms with van der Waals surface area (Å²) < 4.78 is 29.5. The van der Waals surface area contributed by atoms with Crippen LogP contribution in [0.1, 0.15) is 48.5 Å². The summed E-state index contributed by atoms with van der Waals surface area (Å²) in [7, 11) is 0. The fourth-order valence-electron chi connectivity index (χ4n) is 2.17. The third-order valence-corrected chi connectivity index (χ3v) is 3.32. The van der Waals surface area contributed by atoms with Crippen molar-refractivity contribution in [2.75, 3.05) is 13.0 Å². The van der Waals surface area contributed by atoms with Crippen molar-refractivity contribution >= 4 is 18.3 Å². The molecule has 0 aliphatic rings. The number of carbonyl (C=O) groups excluding carboxylic acids is 1. The Morgan fingerprint density at radius 1 is 1.43 bits per heavy atom. The third-order valence-electron chi connectivity index (χ3n) is 3.32. The zero-order chi connectivity index (χ0) is 19.1. The van der Waals surface area contributed by atoms with Gasteiger partial charge in [0.1, 0.15) is 5.75 Å². The Bertz CT molecular complexity index is 653. The topological polar surface area (TPSA) is 75.3 Å². The Balaban J connectivity index is 0.00000576. The summed E-state index contributed by atoms with van der Waals surface area (Å²) in [6.45, 7) is 4.06. The smallest absolute Gasteiger partial charge is 0.224 e. The van der Waals surface area contributed by atoms with Crippen LogP contribution < -0.4 is 11.1 Å². The molecule has 120 valence electrons. The quantitative estimate of drug-likeness (QED) is 0.797. The minimum absolute atomic E-state index is 0. The predicted octanol–water partition coefficient (Wildman–Crippen LogP) is 2.35. The normalized spacial score (nSPS) is 15.1. The number of hydrogen-bond donors (Lipinski definition) is 3. The van der Waals surface area contributed by atoms with Crippen LogP contribution in [0.15, 0.2) is 6.07 Å². The van der Waals surface area contributed by atoms with Crippen molar-refractivity contribution in [1.82, 2.24) is 5.32 Å². The van der Waals surface area contributed by atoms with Gasteiger partial charge in [0.15, 0.2) is 0 Å². The molecule has 4 N–H and O–H groups in total. The number of nitrogens with one attached hydrogen (secondary N) is 1. The standard InChI is InChI=1S/C16H26N2O2.ClH/c1-10-8-13(16(3,4)5)15(20)11(2)12(10)9-14(19)18-7-6-17;/h8,20H,6-7,9,17H2,1-5H3,(H,18,19);1H/i6D2,7D2;. The Hall–Kier alpha value is -1.26. The van der Waals surface area contributed by atoms with Crippen LogP contribution in [0, 0.1) is 13.8 Å². The second-order valence-corrected chi connectivity index (χ2v) is 5.94. The fraction of sp³-hybridized carbons (Fsp3) is 0.562. The lowest BCUT2D eigenvalue weighted by molar-refractivity contribution is -0.120. The van der Waals surface area contributed by atoms with E-state index in [0.29, 0.717) is 11.1 Å². The van der Waals surface area contributed by atoms with Crippen LogP contribution in [-0.2, 0) is 16.6 Å². The van der Waals surface area contributed by atoms with Crippen LogP contribution in [0.2, 0.25) is 0 Å². The van der Waals surface area contributed by atoms with Crippen LogP contribution in [0.25, 0.3) is 0 Å². The summed E-state index contributed by atoms with van der Waals surface area (Å²) >= 11 is 0. The van der Waals surface area contributed by atoms with Crippen molar-refractivity contribution in [1.29, 1.82) is 0 Å². The zero-order valence-corrected chi connectivity index (χ0v) is 13.9. The molecule has 0 saturated carbocycles. The molecule has 0 fully saturated rings. The van der Waals surface area contributed by atoms with E-state index in [0.717, 1.165) is 11.1 Å². The summed E-state index contributed by atoms with van der Waals surface area (Å²) in [5, 5.41) is 12.4. The van der Waals surface area contributed by atoms with E-state index >= 15 is 0 Å². The van der Waals surface area contributed by atoms with E-state index in [2.05, 4.69) is 0 Å². The Kier molecular flexibility index (Phi) is 4.89. The van der Waals surface area contributed by atoms with Gasteiger partial charge >= 0.3 is 0 Å². The van der Waals surface area contributed by atoms with Crippen LogP contribution in [0.3, 0.4) is 0 Å². The number of phenols is 1. The number of benzene rings is 1. The Morgan fingerprint density at radius 3 is 2.48 bits per heavy atom. The SMILES string of the molecule is Cl.[2H]C([2H])(N)C([2H])([2H])NC(=O)Cc1c(C)cc(C(C)(C)C)c(O)c1C. The minimum atomic E-state index is -2.70. The maximum Gasteiger partial charge on any atom is 0.224 e. The van der Waals surface area contributed by atoms with Gasteiger partial charge in [-0.1, -0.05) is 26.8 Å². The molecular weight excluding hydrogens is 288 g/mol. The molecule has 0 spiro atoms. The number of amides is 1. The summed E-state index contributed by atoms with van der Waals surface area (Å²) in [6.07, 6.45) is -0.175. The molecule has 5 heteroatoms. The van der Waals surface area contributed by atoms with E-state index in [4.69, 9.17) is 11.2 Å². The number of hydrogen-bond acceptors (Lipinski definition) is 3.